The van der Waals surface area contributed by atoms with E-state index in [1.165, 1.54) is 11.8 Å². The second-order valence-electron chi connectivity index (χ2n) is 6.56. The summed E-state index contributed by atoms with van der Waals surface area (Å²) in [6.45, 7) is 2.03. The molecule has 8 heteroatoms. The number of pyridine rings is 1. The highest BCUT2D eigenvalue weighted by Gasteiger charge is 2.17. The smallest absolute Gasteiger partial charge is 0.234 e. The zero-order chi connectivity index (χ0) is 20.9. The molecule has 0 spiro atoms. The van der Waals surface area contributed by atoms with Crippen molar-refractivity contribution in [1.29, 1.82) is 0 Å². The van der Waals surface area contributed by atoms with Gasteiger partial charge < -0.3 is 5.32 Å². The topological polar surface area (TPSA) is 72.7 Å². The molecule has 1 amide bonds. The summed E-state index contributed by atoms with van der Waals surface area (Å²) in [7, 11) is 0. The van der Waals surface area contributed by atoms with Crippen molar-refractivity contribution in [2.75, 3.05) is 11.1 Å². The number of carbonyl (C=O) groups is 1. The molecule has 0 aliphatic rings. The number of aryl methyl sites for hydroxylation is 1. The van der Waals surface area contributed by atoms with E-state index in [1.54, 1.807) is 36.7 Å². The summed E-state index contributed by atoms with van der Waals surface area (Å²) in [5, 5.41) is 12.8. The van der Waals surface area contributed by atoms with Crippen molar-refractivity contribution in [3.05, 3.63) is 83.6 Å². The predicted molar refractivity (Wildman–Crippen MR) is 120 cm³/mol. The molecule has 2 aromatic heterocycles. The first-order valence-electron chi connectivity index (χ1n) is 9.21. The predicted octanol–water partition coefficient (Wildman–Crippen LogP) is 5.02. The number of nitrogens with zero attached hydrogens (tertiary/aromatic N) is 4. The molecular formula is C22H18ClN5OS. The molecule has 0 aliphatic carbocycles. The van der Waals surface area contributed by atoms with Crippen LogP contribution in [0, 0.1) is 6.92 Å². The largest absolute Gasteiger partial charge is 0.325 e. The molecule has 0 saturated heterocycles. The standard InChI is InChI=1S/C22H18ClN5OS/c1-15-4-2-7-19(12-15)28-21(16-8-10-24-11-9-16)26-27-22(28)30-14-20(29)25-18-6-3-5-17(23)13-18/h2-13H,14H2,1H3,(H,25,29). The number of anilines is 1. The van der Waals surface area contributed by atoms with Gasteiger partial charge in [-0.3, -0.25) is 14.3 Å². The van der Waals surface area contributed by atoms with E-state index in [0.29, 0.717) is 21.7 Å². The van der Waals surface area contributed by atoms with Gasteiger partial charge in [-0.25, -0.2) is 0 Å². The monoisotopic (exact) mass is 435 g/mol. The molecule has 2 heterocycles. The van der Waals surface area contributed by atoms with Crippen molar-refractivity contribution in [3.63, 3.8) is 0 Å². The fourth-order valence-corrected chi connectivity index (χ4v) is 3.89. The molecule has 2 aromatic carbocycles. The van der Waals surface area contributed by atoms with Gasteiger partial charge in [-0.05, 0) is 55.0 Å². The summed E-state index contributed by atoms with van der Waals surface area (Å²) in [5.74, 6) is 0.736. The number of amides is 1. The third kappa shape index (κ3) is 4.69. The first kappa shape index (κ1) is 20.1. The normalized spacial score (nSPS) is 10.7. The van der Waals surface area contributed by atoms with Crippen molar-refractivity contribution >= 4 is 35.0 Å². The van der Waals surface area contributed by atoms with E-state index in [-0.39, 0.29) is 11.7 Å². The SMILES string of the molecule is Cc1cccc(-n2c(SCC(=O)Nc3cccc(Cl)c3)nnc2-c2ccncc2)c1. The molecule has 30 heavy (non-hydrogen) atoms. The highest BCUT2D eigenvalue weighted by molar-refractivity contribution is 7.99. The van der Waals surface area contributed by atoms with Gasteiger partial charge in [-0.1, -0.05) is 41.6 Å². The van der Waals surface area contributed by atoms with Crippen LogP contribution in [0.25, 0.3) is 17.1 Å². The summed E-state index contributed by atoms with van der Waals surface area (Å²) in [6.07, 6.45) is 3.44. The Balaban J connectivity index is 1.60. The molecule has 0 saturated carbocycles. The van der Waals surface area contributed by atoms with Crippen molar-refractivity contribution in [1.82, 2.24) is 19.7 Å². The fraction of sp³-hybridized carbons (Fsp3) is 0.0909. The second kappa shape index (κ2) is 9.11. The quantitative estimate of drug-likeness (QED) is 0.430. The molecule has 150 valence electrons. The maximum absolute atomic E-state index is 12.4. The summed E-state index contributed by atoms with van der Waals surface area (Å²) >= 11 is 7.30. The van der Waals surface area contributed by atoms with Gasteiger partial charge in [0.05, 0.1) is 5.75 Å². The van der Waals surface area contributed by atoms with Crippen molar-refractivity contribution in [2.24, 2.45) is 0 Å². The number of thioether (sulfide) groups is 1. The third-order valence-electron chi connectivity index (χ3n) is 4.27. The van der Waals surface area contributed by atoms with Crippen LogP contribution in [0.1, 0.15) is 5.56 Å². The van der Waals surface area contributed by atoms with E-state index in [9.17, 15) is 4.79 Å². The highest BCUT2D eigenvalue weighted by atomic mass is 35.5. The van der Waals surface area contributed by atoms with Crippen molar-refractivity contribution < 1.29 is 4.79 Å². The van der Waals surface area contributed by atoms with Crippen LogP contribution >= 0.6 is 23.4 Å². The fourth-order valence-electron chi connectivity index (χ4n) is 2.94. The van der Waals surface area contributed by atoms with Crippen LogP contribution in [-0.4, -0.2) is 31.4 Å². The number of carbonyl (C=O) groups excluding carboxylic acids is 1. The van der Waals surface area contributed by atoms with E-state index < -0.39 is 0 Å². The number of hydrogen-bond acceptors (Lipinski definition) is 5. The minimum atomic E-state index is -0.147. The molecular weight excluding hydrogens is 418 g/mol. The average molecular weight is 436 g/mol. The summed E-state index contributed by atoms with van der Waals surface area (Å²) in [5.41, 5.74) is 3.61. The number of hydrogen-bond donors (Lipinski definition) is 1. The Kier molecular flexibility index (Phi) is 6.11. The van der Waals surface area contributed by atoms with E-state index >= 15 is 0 Å². The molecule has 0 bridgehead atoms. The Bertz CT molecular complexity index is 1180. The van der Waals surface area contributed by atoms with E-state index in [1.807, 2.05) is 41.8 Å². The summed E-state index contributed by atoms with van der Waals surface area (Å²) in [6, 6.07) is 18.9. The van der Waals surface area contributed by atoms with E-state index in [4.69, 9.17) is 11.6 Å². The van der Waals surface area contributed by atoms with Crippen molar-refractivity contribution in [2.45, 2.75) is 12.1 Å². The molecule has 0 unspecified atom stereocenters. The number of benzene rings is 2. The molecule has 0 aliphatic heterocycles. The minimum absolute atomic E-state index is 0.147. The van der Waals surface area contributed by atoms with Gasteiger partial charge in [0.2, 0.25) is 5.91 Å². The van der Waals surface area contributed by atoms with Crippen LogP contribution in [-0.2, 0) is 4.79 Å². The van der Waals surface area contributed by atoms with Gasteiger partial charge in [0, 0.05) is 34.4 Å². The number of nitrogens with one attached hydrogen (secondary N) is 1. The molecule has 0 fully saturated rings. The first-order chi connectivity index (χ1) is 14.6. The molecule has 4 aromatic rings. The van der Waals surface area contributed by atoms with Crippen molar-refractivity contribution in [3.8, 4) is 17.1 Å². The van der Waals surface area contributed by atoms with Crippen LogP contribution in [0.3, 0.4) is 0 Å². The molecule has 6 nitrogen and oxygen atoms in total. The van der Waals surface area contributed by atoms with Gasteiger partial charge in [-0.15, -0.1) is 10.2 Å². The zero-order valence-electron chi connectivity index (χ0n) is 16.1. The lowest BCUT2D eigenvalue weighted by atomic mass is 10.2. The number of halogens is 1. The molecule has 4 rings (SSSR count). The number of aromatic nitrogens is 4. The van der Waals surface area contributed by atoms with Crippen LogP contribution < -0.4 is 5.32 Å². The Morgan fingerprint density at radius 2 is 1.87 bits per heavy atom. The van der Waals surface area contributed by atoms with Gasteiger partial charge in [0.25, 0.3) is 0 Å². The number of rotatable bonds is 6. The highest BCUT2D eigenvalue weighted by Crippen LogP contribution is 2.28. The summed E-state index contributed by atoms with van der Waals surface area (Å²) in [4.78, 5) is 16.5. The lowest BCUT2D eigenvalue weighted by molar-refractivity contribution is -0.113. The maximum atomic E-state index is 12.4. The van der Waals surface area contributed by atoms with E-state index in [0.717, 1.165) is 16.8 Å². The van der Waals surface area contributed by atoms with Crippen LogP contribution in [0.5, 0.6) is 0 Å². The lowest BCUT2D eigenvalue weighted by Crippen LogP contribution is -2.14. The van der Waals surface area contributed by atoms with Gasteiger partial charge in [0.15, 0.2) is 11.0 Å². The van der Waals surface area contributed by atoms with Gasteiger partial charge in [0.1, 0.15) is 0 Å². The summed E-state index contributed by atoms with van der Waals surface area (Å²) < 4.78 is 1.96. The van der Waals surface area contributed by atoms with Gasteiger partial charge in [-0.2, -0.15) is 0 Å². The Labute approximate surface area is 183 Å². The Hall–Kier alpha value is -3.16. The van der Waals surface area contributed by atoms with Crippen LogP contribution in [0.15, 0.2) is 78.2 Å². The average Bonchev–Trinajstić information content (AvgIpc) is 3.17. The molecule has 1 N–H and O–H groups in total. The first-order valence-corrected chi connectivity index (χ1v) is 10.6. The zero-order valence-corrected chi connectivity index (χ0v) is 17.7. The van der Waals surface area contributed by atoms with E-state index in [2.05, 4.69) is 26.6 Å². The third-order valence-corrected chi connectivity index (χ3v) is 5.44. The lowest BCUT2D eigenvalue weighted by Gasteiger charge is -2.11. The van der Waals surface area contributed by atoms with Crippen LogP contribution in [0.2, 0.25) is 5.02 Å². The Morgan fingerprint density at radius 1 is 1.07 bits per heavy atom. The minimum Gasteiger partial charge on any atom is -0.325 e. The maximum Gasteiger partial charge on any atom is 0.234 e. The van der Waals surface area contributed by atoms with Crippen LogP contribution in [0.4, 0.5) is 5.69 Å². The molecule has 0 atom stereocenters. The second-order valence-corrected chi connectivity index (χ2v) is 7.94. The molecule has 0 radical (unpaired) electrons. The Morgan fingerprint density at radius 3 is 2.63 bits per heavy atom. The van der Waals surface area contributed by atoms with Gasteiger partial charge >= 0.3 is 0 Å².